The number of ether oxygens (including phenoxy) is 2. The Morgan fingerprint density at radius 1 is 1.15 bits per heavy atom. The summed E-state index contributed by atoms with van der Waals surface area (Å²) in [6, 6.07) is 5.17. The Morgan fingerprint density at radius 2 is 1.96 bits per heavy atom. The van der Waals surface area contributed by atoms with Gasteiger partial charge < -0.3 is 20.1 Å². The van der Waals surface area contributed by atoms with Crippen LogP contribution in [0.4, 0.5) is 5.69 Å². The summed E-state index contributed by atoms with van der Waals surface area (Å²) >= 11 is 1.17. The van der Waals surface area contributed by atoms with E-state index >= 15 is 0 Å². The minimum absolute atomic E-state index is 0.0593. The number of anilines is 1. The second-order valence-corrected chi connectivity index (χ2v) is 7.28. The SMILES string of the molecule is O=C(Nc1ccc2c(c1)OCO2)c1nnc(CNC(=O)C2CCCC2)s1. The third-order valence-electron chi connectivity index (χ3n) is 4.43. The maximum absolute atomic E-state index is 12.3. The quantitative estimate of drug-likeness (QED) is 0.833. The van der Waals surface area contributed by atoms with E-state index in [2.05, 4.69) is 20.8 Å². The van der Waals surface area contributed by atoms with Crippen molar-refractivity contribution in [2.45, 2.75) is 32.2 Å². The van der Waals surface area contributed by atoms with Crippen molar-refractivity contribution in [3.8, 4) is 11.5 Å². The smallest absolute Gasteiger partial charge is 0.286 e. The molecule has 0 saturated heterocycles. The van der Waals surface area contributed by atoms with E-state index in [1.807, 2.05) is 0 Å². The van der Waals surface area contributed by atoms with Crippen molar-refractivity contribution in [3.63, 3.8) is 0 Å². The first-order chi connectivity index (χ1) is 12.7. The van der Waals surface area contributed by atoms with Crippen molar-refractivity contribution in [1.29, 1.82) is 0 Å². The van der Waals surface area contributed by atoms with Crippen molar-refractivity contribution >= 4 is 28.8 Å². The molecule has 1 fully saturated rings. The Bertz CT molecular complexity index is 832. The van der Waals surface area contributed by atoms with E-state index in [4.69, 9.17) is 9.47 Å². The average Bonchev–Trinajstić information content (AvgIpc) is 3.40. The standard InChI is InChI=1S/C17H18N4O4S/c22-15(10-3-1-2-4-10)18-8-14-20-21-17(26-14)16(23)19-11-5-6-12-13(7-11)25-9-24-12/h5-7,10H,1-4,8-9H2,(H,18,22)(H,19,23). The highest BCUT2D eigenvalue weighted by molar-refractivity contribution is 7.13. The van der Waals surface area contributed by atoms with Crippen LogP contribution in [-0.2, 0) is 11.3 Å². The van der Waals surface area contributed by atoms with Crippen molar-refractivity contribution in [1.82, 2.24) is 15.5 Å². The molecule has 9 heteroatoms. The molecular weight excluding hydrogens is 356 g/mol. The first-order valence-corrected chi connectivity index (χ1v) is 9.32. The molecule has 0 radical (unpaired) electrons. The molecule has 2 aliphatic rings. The Hall–Kier alpha value is -2.68. The minimum Gasteiger partial charge on any atom is -0.454 e. The molecule has 2 amide bonds. The lowest BCUT2D eigenvalue weighted by atomic mass is 10.1. The molecule has 2 aromatic rings. The zero-order valence-corrected chi connectivity index (χ0v) is 14.8. The van der Waals surface area contributed by atoms with Crippen molar-refractivity contribution in [2.24, 2.45) is 5.92 Å². The van der Waals surface area contributed by atoms with Gasteiger partial charge in [-0.15, -0.1) is 10.2 Å². The number of carbonyl (C=O) groups is 2. The number of rotatable bonds is 5. The lowest BCUT2D eigenvalue weighted by Crippen LogP contribution is -2.28. The number of amides is 2. The van der Waals surface area contributed by atoms with E-state index in [-0.39, 0.29) is 29.5 Å². The zero-order valence-electron chi connectivity index (χ0n) is 14.0. The Labute approximate surface area is 153 Å². The molecule has 136 valence electrons. The van der Waals surface area contributed by atoms with Gasteiger partial charge >= 0.3 is 0 Å². The summed E-state index contributed by atoms with van der Waals surface area (Å²) < 4.78 is 10.5. The molecule has 8 nitrogen and oxygen atoms in total. The number of fused-ring (bicyclic) bond motifs is 1. The van der Waals surface area contributed by atoms with E-state index in [1.165, 1.54) is 11.3 Å². The summed E-state index contributed by atoms with van der Waals surface area (Å²) in [5.74, 6) is 1.06. The Morgan fingerprint density at radius 3 is 2.81 bits per heavy atom. The highest BCUT2D eigenvalue weighted by Crippen LogP contribution is 2.34. The highest BCUT2D eigenvalue weighted by Gasteiger charge is 2.23. The molecule has 1 aromatic carbocycles. The first-order valence-electron chi connectivity index (χ1n) is 8.50. The second kappa shape index (κ2) is 7.28. The number of hydrogen-bond donors (Lipinski definition) is 2. The first kappa shape index (κ1) is 16.8. The molecule has 2 N–H and O–H groups in total. The van der Waals surface area contributed by atoms with Crippen molar-refractivity contribution < 1.29 is 19.1 Å². The van der Waals surface area contributed by atoms with Gasteiger partial charge in [-0.1, -0.05) is 24.2 Å². The van der Waals surface area contributed by atoms with E-state index in [0.717, 1.165) is 25.7 Å². The van der Waals surface area contributed by atoms with Gasteiger partial charge in [0.05, 0.1) is 6.54 Å². The molecule has 1 aromatic heterocycles. The normalized spacial score (nSPS) is 15.8. The molecular formula is C17H18N4O4S. The van der Waals surface area contributed by atoms with Crippen LogP contribution in [-0.4, -0.2) is 28.8 Å². The molecule has 0 unspecified atom stereocenters. The van der Waals surface area contributed by atoms with E-state index < -0.39 is 0 Å². The van der Waals surface area contributed by atoms with Gasteiger partial charge in [0.15, 0.2) is 11.5 Å². The van der Waals surface area contributed by atoms with Gasteiger partial charge in [0.1, 0.15) is 5.01 Å². The number of hydrogen-bond acceptors (Lipinski definition) is 7. The summed E-state index contributed by atoms with van der Waals surface area (Å²) in [5.41, 5.74) is 0.588. The van der Waals surface area contributed by atoms with Crippen LogP contribution in [0.1, 0.15) is 40.5 Å². The van der Waals surface area contributed by atoms with Gasteiger partial charge in [0.2, 0.25) is 17.7 Å². The van der Waals surface area contributed by atoms with E-state index in [0.29, 0.717) is 28.7 Å². The van der Waals surface area contributed by atoms with Gasteiger partial charge in [0.25, 0.3) is 5.91 Å². The predicted octanol–water partition coefficient (Wildman–Crippen LogP) is 2.33. The van der Waals surface area contributed by atoms with Gasteiger partial charge in [-0.25, -0.2) is 0 Å². The number of carbonyl (C=O) groups excluding carboxylic acids is 2. The topological polar surface area (TPSA) is 102 Å². The third kappa shape index (κ3) is 3.62. The Balaban J connectivity index is 1.33. The van der Waals surface area contributed by atoms with Gasteiger partial charge in [0, 0.05) is 17.7 Å². The van der Waals surface area contributed by atoms with E-state index in [9.17, 15) is 9.59 Å². The number of aromatic nitrogens is 2. The minimum atomic E-state index is -0.352. The van der Waals surface area contributed by atoms with Gasteiger partial charge in [-0.3, -0.25) is 9.59 Å². The van der Waals surface area contributed by atoms with Crippen LogP contribution >= 0.6 is 11.3 Å². The summed E-state index contributed by atoms with van der Waals surface area (Å²) in [4.78, 5) is 24.3. The largest absolute Gasteiger partial charge is 0.454 e. The van der Waals surface area contributed by atoms with Crippen LogP contribution in [0.25, 0.3) is 0 Å². The number of benzene rings is 1. The van der Waals surface area contributed by atoms with Crippen molar-refractivity contribution in [3.05, 3.63) is 28.2 Å². The van der Waals surface area contributed by atoms with Crippen LogP contribution < -0.4 is 20.1 Å². The average molecular weight is 374 g/mol. The second-order valence-electron chi connectivity index (χ2n) is 6.22. The van der Waals surface area contributed by atoms with Crippen LogP contribution in [0, 0.1) is 5.92 Å². The highest BCUT2D eigenvalue weighted by atomic mass is 32.1. The molecule has 0 atom stereocenters. The predicted molar refractivity (Wildman–Crippen MR) is 94.2 cm³/mol. The maximum Gasteiger partial charge on any atom is 0.286 e. The molecule has 1 aliphatic carbocycles. The fourth-order valence-electron chi connectivity index (χ4n) is 3.07. The molecule has 0 bridgehead atoms. The van der Waals surface area contributed by atoms with E-state index in [1.54, 1.807) is 18.2 Å². The zero-order chi connectivity index (χ0) is 17.9. The summed E-state index contributed by atoms with van der Waals surface area (Å²) in [6.45, 7) is 0.476. The van der Waals surface area contributed by atoms with Gasteiger partial charge in [-0.2, -0.15) is 0 Å². The van der Waals surface area contributed by atoms with Crippen LogP contribution in [0.5, 0.6) is 11.5 Å². The lowest BCUT2D eigenvalue weighted by Gasteiger charge is -2.08. The molecule has 1 saturated carbocycles. The monoisotopic (exact) mass is 374 g/mol. The fourth-order valence-corrected chi connectivity index (χ4v) is 3.75. The molecule has 26 heavy (non-hydrogen) atoms. The molecule has 4 rings (SSSR count). The van der Waals surface area contributed by atoms with Gasteiger partial charge in [-0.05, 0) is 25.0 Å². The molecule has 2 heterocycles. The third-order valence-corrected chi connectivity index (χ3v) is 5.35. The Kier molecular flexibility index (Phi) is 4.70. The number of nitrogens with zero attached hydrogens (tertiary/aromatic N) is 2. The van der Waals surface area contributed by atoms with Crippen molar-refractivity contribution in [2.75, 3.05) is 12.1 Å². The van der Waals surface area contributed by atoms with Crippen LogP contribution in [0.3, 0.4) is 0 Å². The van der Waals surface area contributed by atoms with Crippen LogP contribution in [0.15, 0.2) is 18.2 Å². The lowest BCUT2D eigenvalue weighted by molar-refractivity contribution is -0.124. The fraction of sp³-hybridized carbons (Fsp3) is 0.412. The summed E-state index contributed by atoms with van der Waals surface area (Å²) in [7, 11) is 0. The molecule has 1 aliphatic heterocycles. The number of nitrogens with one attached hydrogen (secondary N) is 2. The summed E-state index contributed by atoms with van der Waals surface area (Å²) in [5, 5.41) is 14.4. The molecule has 0 spiro atoms. The maximum atomic E-state index is 12.3. The summed E-state index contributed by atoms with van der Waals surface area (Å²) in [6.07, 6.45) is 4.12. The van der Waals surface area contributed by atoms with Crippen LogP contribution in [0.2, 0.25) is 0 Å².